The van der Waals surface area contributed by atoms with Gasteiger partial charge in [0.1, 0.15) is 0 Å². The van der Waals surface area contributed by atoms with Gasteiger partial charge in [0.25, 0.3) is 5.91 Å². The maximum Gasteiger partial charge on any atom is 0.255 e. The SMILES string of the molecule is COc1cc(C(=O)Nc2c(C)cc(N)cc2Br)cc(OC)c1OC. The van der Waals surface area contributed by atoms with E-state index in [1.165, 1.54) is 21.3 Å². The third-order valence-electron chi connectivity index (χ3n) is 3.48. The van der Waals surface area contributed by atoms with Gasteiger partial charge < -0.3 is 25.3 Å². The zero-order valence-electron chi connectivity index (χ0n) is 13.9. The van der Waals surface area contributed by atoms with E-state index in [9.17, 15) is 4.79 Å². The highest BCUT2D eigenvalue weighted by Crippen LogP contribution is 2.38. The monoisotopic (exact) mass is 394 g/mol. The van der Waals surface area contributed by atoms with Crippen LogP contribution in [0.1, 0.15) is 15.9 Å². The van der Waals surface area contributed by atoms with Crippen molar-refractivity contribution in [2.45, 2.75) is 6.92 Å². The molecule has 128 valence electrons. The fraction of sp³-hybridized carbons (Fsp3) is 0.235. The summed E-state index contributed by atoms with van der Waals surface area (Å²) in [5, 5.41) is 2.87. The summed E-state index contributed by atoms with van der Waals surface area (Å²) in [6.07, 6.45) is 0. The number of carbonyl (C=O) groups excluding carboxylic acids is 1. The highest BCUT2D eigenvalue weighted by Gasteiger charge is 2.18. The van der Waals surface area contributed by atoms with E-state index in [0.29, 0.717) is 38.7 Å². The molecule has 3 N–H and O–H groups in total. The number of benzene rings is 2. The molecule has 2 aromatic carbocycles. The Balaban J connectivity index is 2.40. The van der Waals surface area contributed by atoms with E-state index >= 15 is 0 Å². The van der Waals surface area contributed by atoms with Crippen molar-refractivity contribution in [1.29, 1.82) is 0 Å². The number of ether oxygens (including phenoxy) is 3. The van der Waals surface area contributed by atoms with Crippen LogP contribution < -0.4 is 25.3 Å². The van der Waals surface area contributed by atoms with Crippen molar-refractivity contribution in [3.63, 3.8) is 0 Å². The number of aryl methyl sites for hydroxylation is 1. The highest BCUT2D eigenvalue weighted by molar-refractivity contribution is 9.10. The van der Waals surface area contributed by atoms with Crippen molar-refractivity contribution >= 4 is 33.2 Å². The summed E-state index contributed by atoms with van der Waals surface area (Å²) in [7, 11) is 4.51. The Morgan fingerprint density at radius 2 is 1.62 bits per heavy atom. The van der Waals surface area contributed by atoms with E-state index in [1.807, 2.05) is 6.92 Å². The lowest BCUT2D eigenvalue weighted by molar-refractivity contribution is 0.102. The van der Waals surface area contributed by atoms with Gasteiger partial charge in [0, 0.05) is 15.7 Å². The van der Waals surface area contributed by atoms with Crippen molar-refractivity contribution in [3.8, 4) is 17.2 Å². The van der Waals surface area contributed by atoms with E-state index in [0.717, 1.165) is 5.56 Å². The maximum absolute atomic E-state index is 12.6. The molecule has 2 rings (SSSR count). The summed E-state index contributed by atoms with van der Waals surface area (Å²) in [5.41, 5.74) is 8.29. The van der Waals surface area contributed by atoms with Gasteiger partial charge in [0.2, 0.25) is 5.75 Å². The zero-order valence-corrected chi connectivity index (χ0v) is 15.5. The van der Waals surface area contributed by atoms with Gasteiger partial charge >= 0.3 is 0 Å². The number of methoxy groups -OCH3 is 3. The molecule has 0 spiro atoms. The van der Waals surface area contributed by atoms with Crippen LogP contribution in [0.4, 0.5) is 11.4 Å². The third kappa shape index (κ3) is 3.56. The van der Waals surface area contributed by atoms with Crippen LogP contribution in [0, 0.1) is 6.92 Å². The summed E-state index contributed by atoms with van der Waals surface area (Å²) >= 11 is 3.41. The number of hydrogen-bond donors (Lipinski definition) is 2. The fourth-order valence-corrected chi connectivity index (χ4v) is 3.00. The van der Waals surface area contributed by atoms with Gasteiger partial charge in [-0.1, -0.05) is 0 Å². The van der Waals surface area contributed by atoms with Crippen LogP contribution in [0.25, 0.3) is 0 Å². The van der Waals surface area contributed by atoms with Gasteiger partial charge in [-0.3, -0.25) is 4.79 Å². The topological polar surface area (TPSA) is 82.8 Å². The van der Waals surface area contributed by atoms with Crippen LogP contribution in [0.3, 0.4) is 0 Å². The van der Waals surface area contributed by atoms with Crippen LogP contribution in [0.5, 0.6) is 17.2 Å². The van der Waals surface area contributed by atoms with Gasteiger partial charge in [-0.2, -0.15) is 0 Å². The minimum absolute atomic E-state index is 0.303. The smallest absolute Gasteiger partial charge is 0.255 e. The standard InChI is InChI=1S/C17H19BrN2O4/c1-9-5-11(19)8-12(18)15(9)20-17(21)10-6-13(22-2)16(24-4)14(7-10)23-3/h5-8H,19H2,1-4H3,(H,20,21). The molecule has 1 amide bonds. The third-order valence-corrected chi connectivity index (χ3v) is 4.10. The molecule has 6 nitrogen and oxygen atoms in total. The lowest BCUT2D eigenvalue weighted by atomic mass is 10.1. The number of halogens is 1. The molecule has 0 fully saturated rings. The number of carbonyl (C=O) groups is 1. The van der Waals surface area contributed by atoms with Gasteiger partial charge in [-0.05, 0) is 52.7 Å². The second-order valence-corrected chi connectivity index (χ2v) is 5.92. The predicted molar refractivity (Wildman–Crippen MR) is 97.3 cm³/mol. The molecule has 7 heteroatoms. The molecule has 0 atom stereocenters. The van der Waals surface area contributed by atoms with Gasteiger partial charge in [-0.15, -0.1) is 0 Å². The lowest BCUT2D eigenvalue weighted by Gasteiger charge is -2.15. The number of anilines is 2. The number of rotatable bonds is 5. The number of amides is 1. The Labute approximate surface area is 149 Å². The van der Waals surface area contributed by atoms with Crippen LogP contribution in [-0.4, -0.2) is 27.2 Å². The number of nitrogens with one attached hydrogen (secondary N) is 1. The first-order chi connectivity index (χ1) is 11.4. The molecule has 0 saturated carbocycles. The molecule has 0 heterocycles. The van der Waals surface area contributed by atoms with Crippen molar-refractivity contribution in [2.24, 2.45) is 0 Å². The average Bonchev–Trinajstić information content (AvgIpc) is 2.56. The van der Waals surface area contributed by atoms with E-state index in [4.69, 9.17) is 19.9 Å². The molecular formula is C17H19BrN2O4. The molecule has 0 aliphatic heterocycles. The molecule has 0 aliphatic rings. The highest BCUT2D eigenvalue weighted by atomic mass is 79.9. The molecule has 0 aliphatic carbocycles. The minimum atomic E-state index is -0.303. The number of nitrogen functional groups attached to an aromatic ring is 1. The summed E-state index contributed by atoms with van der Waals surface area (Å²) < 4.78 is 16.5. The Morgan fingerprint density at radius 1 is 1.04 bits per heavy atom. The van der Waals surface area contributed by atoms with E-state index in [1.54, 1.807) is 24.3 Å². The normalized spacial score (nSPS) is 10.2. The first-order valence-corrected chi connectivity index (χ1v) is 7.87. The first-order valence-electron chi connectivity index (χ1n) is 7.08. The average molecular weight is 395 g/mol. The Morgan fingerprint density at radius 3 is 2.08 bits per heavy atom. The van der Waals surface area contributed by atoms with Crippen molar-refractivity contribution in [2.75, 3.05) is 32.4 Å². The first kappa shape index (κ1) is 17.9. The van der Waals surface area contributed by atoms with E-state index in [-0.39, 0.29) is 5.91 Å². The number of nitrogens with two attached hydrogens (primary N) is 1. The quantitative estimate of drug-likeness (QED) is 0.756. The van der Waals surface area contributed by atoms with Crippen molar-refractivity contribution in [1.82, 2.24) is 0 Å². The van der Waals surface area contributed by atoms with Gasteiger partial charge in [0.05, 0.1) is 27.0 Å². The molecule has 0 aromatic heterocycles. The molecule has 24 heavy (non-hydrogen) atoms. The minimum Gasteiger partial charge on any atom is -0.493 e. The van der Waals surface area contributed by atoms with Crippen LogP contribution >= 0.6 is 15.9 Å². The molecule has 0 unspecified atom stereocenters. The molecular weight excluding hydrogens is 376 g/mol. The van der Waals surface area contributed by atoms with Crippen molar-refractivity contribution < 1.29 is 19.0 Å². The van der Waals surface area contributed by atoms with Gasteiger partial charge in [-0.25, -0.2) is 0 Å². The molecule has 0 saturated heterocycles. The maximum atomic E-state index is 12.6. The molecule has 2 aromatic rings. The summed E-state index contributed by atoms with van der Waals surface area (Å²) in [6, 6.07) is 6.71. The second-order valence-electron chi connectivity index (χ2n) is 5.06. The summed E-state index contributed by atoms with van der Waals surface area (Å²) in [5.74, 6) is 0.953. The Hall–Kier alpha value is -2.41. The van der Waals surface area contributed by atoms with Crippen LogP contribution in [0.15, 0.2) is 28.7 Å². The predicted octanol–water partition coefficient (Wildman–Crippen LogP) is 3.62. The second kappa shape index (κ2) is 7.44. The summed E-state index contributed by atoms with van der Waals surface area (Å²) in [4.78, 5) is 12.6. The Bertz CT molecular complexity index is 729. The lowest BCUT2D eigenvalue weighted by Crippen LogP contribution is -2.14. The number of hydrogen-bond acceptors (Lipinski definition) is 5. The van der Waals surface area contributed by atoms with Crippen molar-refractivity contribution in [3.05, 3.63) is 39.9 Å². The van der Waals surface area contributed by atoms with Crippen LogP contribution in [-0.2, 0) is 0 Å². The zero-order chi connectivity index (χ0) is 17.9. The fourth-order valence-electron chi connectivity index (χ4n) is 2.33. The van der Waals surface area contributed by atoms with Crippen LogP contribution in [0.2, 0.25) is 0 Å². The van der Waals surface area contributed by atoms with E-state index in [2.05, 4.69) is 21.2 Å². The van der Waals surface area contributed by atoms with E-state index < -0.39 is 0 Å². The largest absolute Gasteiger partial charge is 0.493 e. The molecule has 0 bridgehead atoms. The summed E-state index contributed by atoms with van der Waals surface area (Å²) in [6.45, 7) is 1.87. The van der Waals surface area contributed by atoms with Gasteiger partial charge in [0.15, 0.2) is 11.5 Å². The molecule has 0 radical (unpaired) electrons. The Kier molecular flexibility index (Phi) is 5.56.